The van der Waals surface area contributed by atoms with Gasteiger partial charge < -0.3 is 19.5 Å². The molecule has 0 spiro atoms. The maximum Gasteiger partial charge on any atom is 0.306 e. The zero-order valence-electron chi connectivity index (χ0n) is 15.4. The van der Waals surface area contributed by atoms with Crippen molar-refractivity contribution in [3.05, 3.63) is 23.8 Å². The molecular formula is C19H31NO4. The number of carbonyl (C=O) groups is 1. The van der Waals surface area contributed by atoms with Crippen LogP contribution in [0.25, 0.3) is 0 Å². The first-order valence-electron chi connectivity index (χ1n) is 8.64. The lowest BCUT2D eigenvalue weighted by molar-refractivity contribution is -0.142. The lowest BCUT2D eigenvalue weighted by Crippen LogP contribution is -2.26. The van der Waals surface area contributed by atoms with Gasteiger partial charge in [-0.1, -0.05) is 25.8 Å². The molecule has 1 N–H and O–H groups in total. The van der Waals surface area contributed by atoms with Crippen LogP contribution in [-0.2, 0) is 11.2 Å². The predicted octanol–water partition coefficient (Wildman–Crippen LogP) is 3.46. The third-order valence-corrected chi connectivity index (χ3v) is 4.34. The highest BCUT2D eigenvalue weighted by Crippen LogP contribution is 2.27. The van der Waals surface area contributed by atoms with Crippen LogP contribution in [0.15, 0.2) is 18.2 Å². The molecule has 1 rings (SSSR count). The fraction of sp³-hybridized carbons (Fsp3) is 0.632. The maximum atomic E-state index is 11.3. The minimum atomic E-state index is -0.670. The summed E-state index contributed by atoms with van der Waals surface area (Å²) in [5.74, 6) is 0.572. The van der Waals surface area contributed by atoms with Gasteiger partial charge in [-0.15, -0.1) is 0 Å². The quantitative estimate of drug-likeness (QED) is 0.633. The molecule has 0 heterocycles. The SMILES string of the molecule is CCCCC(CCN(C)CCc1ccc(OC)c(OC)c1)C(=O)O. The van der Waals surface area contributed by atoms with E-state index in [1.54, 1.807) is 14.2 Å². The molecule has 0 aromatic heterocycles. The van der Waals surface area contributed by atoms with E-state index in [-0.39, 0.29) is 5.92 Å². The first-order chi connectivity index (χ1) is 11.5. The van der Waals surface area contributed by atoms with Crippen LogP contribution in [0.2, 0.25) is 0 Å². The van der Waals surface area contributed by atoms with Crippen LogP contribution in [0.5, 0.6) is 11.5 Å². The average molecular weight is 337 g/mol. The molecule has 0 fully saturated rings. The molecule has 1 aromatic carbocycles. The maximum absolute atomic E-state index is 11.3. The van der Waals surface area contributed by atoms with Crippen molar-refractivity contribution in [1.29, 1.82) is 0 Å². The largest absolute Gasteiger partial charge is 0.493 e. The average Bonchev–Trinajstić information content (AvgIpc) is 2.59. The zero-order chi connectivity index (χ0) is 17.9. The van der Waals surface area contributed by atoms with Gasteiger partial charge in [-0.25, -0.2) is 0 Å². The van der Waals surface area contributed by atoms with E-state index in [9.17, 15) is 9.90 Å². The lowest BCUT2D eigenvalue weighted by atomic mass is 9.98. The summed E-state index contributed by atoms with van der Waals surface area (Å²) in [5.41, 5.74) is 1.18. The number of rotatable bonds is 12. The topological polar surface area (TPSA) is 59.0 Å². The summed E-state index contributed by atoms with van der Waals surface area (Å²) >= 11 is 0. The standard InChI is InChI=1S/C19H31NO4/c1-5-6-7-16(19(21)22)11-13-20(2)12-10-15-8-9-17(23-3)18(14-15)24-4/h8-9,14,16H,5-7,10-13H2,1-4H3,(H,21,22). The molecule has 24 heavy (non-hydrogen) atoms. The van der Waals surface area contributed by atoms with Crippen molar-refractivity contribution in [2.24, 2.45) is 5.92 Å². The smallest absolute Gasteiger partial charge is 0.306 e. The van der Waals surface area contributed by atoms with Crippen molar-refractivity contribution in [2.75, 3.05) is 34.4 Å². The molecule has 5 heteroatoms. The summed E-state index contributed by atoms with van der Waals surface area (Å²) in [5, 5.41) is 9.28. The van der Waals surface area contributed by atoms with Gasteiger partial charge in [0.15, 0.2) is 11.5 Å². The number of benzene rings is 1. The van der Waals surface area contributed by atoms with E-state index in [2.05, 4.69) is 11.8 Å². The molecule has 0 aliphatic rings. The Morgan fingerprint density at radius 2 is 1.88 bits per heavy atom. The molecule has 0 saturated heterocycles. The van der Waals surface area contributed by atoms with E-state index in [0.29, 0.717) is 6.42 Å². The Bertz CT molecular complexity index is 504. The lowest BCUT2D eigenvalue weighted by Gasteiger charge is -2.19. The van der Waals surface area contributed by atoms with Crippen LogP contribution in [0, 0.1) is 5.92 Å². The van der Waals surface area contributed by atoms with Crippen LogP contribution in [0.4, 0.5) is 0 Å². The van der Waals surface area contributed by atoms with Gasteiger partial charge in [-0.3, -0.25) is 4.79 Å². The van der Waals surface area contributed by atoms with Gasteiger partial charge in [0.25, 0.3) is 0 Å². The minimum absolute atomic E-state index is 0.228. The summed E-state index contributed by atoms with van der Waals surface area (Å²) in [4.78, 5) is 13.5. The van der Waals surface area contributed by atoms with E-state index >= 15 is 0 Å². The number of unbranched alkanes of at least 4 members (excludes halogenated alkanes) is 1. The van der Waals surface area contributed by atoms with Crippen molar-refractivity contribution in [3.63, 3.8) is 0 Å². The number of nitrogens with zero attached hydrogens (tertiary/aromatic N) is 1. The Morgan fingerprint density at radius 1 is 1.17 bits per heavy atom. The minimum Gasteiger partial charge on any atom is -0.493 e. The third kappa shape index (κ3) is 6.79. The number of carboxylic acids is 1. The van der Waals surface area contributed by atoms with Crippen LogP contribution in [0.1, 0.15) is 38.2 Å². The van der Waals surface area contributed by atoms with Gasteiger partial charge in [-0.2, -0.15) is 0 Å². The zero-order valence-corrected chi connectivity index (χ0v) is 15.4. The normalized spacial score (nSPS) is 12.2. The van der Waals surface area contributed by atoms with E-state index in [1.165, 1.54) is 5.56 Å². The van der Waals surface area contributed by atoms with Crippen molar-refractivity contribution in [1.82, 2.24) is 4.90 Å². The number of methoxy groups -OCH3 is 2. The molecule has 0 bridgehead atoms. The van der Waals surface area contributed by atoms with Crippen LogP contribution in [0.3, 0.4) is 0 Å². The predicted molar refractivity (Wildman–Crippen MR) is 96.0 cm³/mol. The molecule has 1 unspecified atom stereocenters. The second-order valence-electron chi connectivity index (χ2n) is 6.21. The second kappa shape index (κ2) is 10.9. The van der Waals surface area contributed by atoms with Crippen molar-refractivity contribution in [2.45, 2.75) is 39.0 Å². The summed E-state index contributed by atoms with van der Waals surface area (Å²) < 4.78 is 10.6. The molecule has 0 aliphatic heterocycles. The van der Waals surface area contributed by atoms with Gasteiger partial charge in [-0.05, 0) is 50.6 Å². The van der Waals surface area contributed by atoms with Crippen LogP contribution < -0.4 is 9.47 Å². The number of ether oxygens (including phenoxy) is 2. The number of aliphatic carboxylic acids is 1. The van der Waals surface area contributed by atoms with E-state index in [0.717, 1.165) is 50.3 Å². The number of hydrogen-bond acceptors (Lipinski definition) is 4. The third-order valence-electron chi connectivity index (χ3n) is 4.34. The summed E-state index contributed by atoms with van der Waals surface area (Å²) in [6.07, 6.45) is 4.39. The summed E-state index contributed by atoms with van der Waals surface area (Å²) in [7, 11) is 5.30. The highest BCUT2D eigenvalue weighted by molar-refractivity contribution is 5.69. The summed E-state index contributed by atoms with van der Waals surface area (Å²) in [6, 6.07) is 5.95. The second-order valence-corrected chi connectivity index (χ2v) is 6.21. The van der Waals surface area contributed by atoms with Crippen molar-refractivity contribution < 1.29 is 19.4 Å². The molecule has 1 atom stereocenters. The van der Waals surface area contributed by atoms with Crippen LogP contribution in [-0.4, -0.2) is 50.3 Å². The van der Waals surface area contributed by atoms with E-state index in [4.69, 9.17) is 9.47 Å². The van der Waals surface area contributed by atoms with Crippen molar-refractivity contribution in [3.8, 4) is 11.5 Å². The molecule has 5 nitrogen and oxygen atoms in total. The Morgan fingerprint density at radius 3 is 2.46 bits per heavy atom. The molecule has 0 saturated carbocycles. The molecule has 1 aromatic rings. The monoisotopic (exact) mass is 337 g/mol. The molecule has 0 aliphatic carbocycles. The molecule has 0 amide bonds. The Labute approximate surface area is 145 Å². The van der Waals surface area contributed by atoms with Gasteiger partial charge in [0, 0.05) is 6.54 Å². The van der Waals surface area contributed by atoms with Crippen LogP contribution >= 0.6 is 0 Å². The first kappa shape index (κ1) is 20.3. The summed E-state index contributed by atoms with van der Waals surface area (Å²) in [6.45, 7) is 3.78. The van der Waals surface area contributed by atoms with Gasteiger partial charge in [0.05, 0.1) is 20.1 Å². The first-order valence-corrected chi connectivity index (χ1v) is 8.64. The molecular weight excluding hydrogens is 306 g/mol. The number of hydrogen-bond donors (Lipinski definition) is 1. The Kier molecular flexibility index (Phi) is 9.23. The highest BCUT2D eigenvalue weighted by atomic mass is 16.5. The number of likely N-dealkylation sites (N-methyl/N-ethyl adjacent to an activating group) is 1. The van der Waals surface area contributed by atoms with E-state index < -0.39 is 5.97 Å². The highest BCUT2D eigenvalue weighted by Gasteiger charge is 2.17. The van der Waals surface area contributed by atoms with Crippen molar-refractivity contribution >= 4 is 5.97 Å². The fourth-order valence-electron chi connectivity index (χ4n) is 2.69. The fourth-order valence-corrected chi connectivity index (χ4v) is 2.69. The van der Waals surface area contributed by atoms with Gasteiger partial charge in [0.1, 0.15) is 0 Å². The Balaban J connectivity index is 2.45. The molecule has 0 radical (unpaired) electrons. The molecule has 136 valence electrons. The Hall–Kier alpha value is -1.75. The number of carboxylic acid groups (broad SMARTS) is 1. The van der Waals surface area contributed by atoms with Gasteiger partial charge >= 0.3 is 5.97 Å². The van der Waals surface area contributed by atoms with E-state index in [1.807, 2.05) is 25.2 Å². The van der Waals surface area contributed by atoms with Gasteiger partial charge in [0.2, 0.25) is 0 Å².